The van der Waals surface area contributed by atoms with Crippen LogP contribution >= 0.6 is 11.3 Å². The number of allylic oxidation sites excluding steroid dienone is 1. The van der Waals surface area contributed by atoms with Crippen molar-refractivity contribution >= 4 is 23.0 Å². The van der Waals surface area contributed by atoms with Gasteiger partial charge >= 0.3 is 5.97 Å². The summed E-state index contributed by atoms with van der Waals surface area (Å²) in [5.74, 6) is -0.222. The van der Waals surface area contributed by atoms with Crippen LogP contribution in [0.25, 0.3) is 0 Å². The number of ether oxygens (including phenoxy) is 1. The maximum Gasteiger partial charge on any atom is 0.311 e. The summed E-state index contributed by atoms with van der Waals surface area (Å²) < 4.78 is 7.01. The lowest BCUT2D eigenvalue weighted by molar-refractivity contribution is -0.142. The molecule has 4 nitrogen and oxygen atoms in total. The van der Waals surface area contributed by atoms with E-state index in [1.807, 2.05) is 48.1 Å². The van der Waals surface area contributed by atoms with Gasteiger partial charge in [-0.2, -0.15) is 0 Å². The van der Waals surface area contributed by atoms with Crippen molar-refractivity contribution in [2.45, 2.75) is 26.8 Å². The maximum atomic E-state index is 11.7. The van der Waals surface area contributed by atoms with Crippen LogP contribution in [0.4, 0.5) is 5.69 Å². The first kappa shape index (κ1) is 16.2. The van der Waals surface area contributed by atoms with Crippen LogP contribution in [-0.4, -0.2) is 17.1 Å². The van der Waals surface area contributed by atoms with Crippen molar-refractivity contribution in [3.05, 3.63) is 58.4 Å². The molecule has 2 rings (SSSR count). The minimum Gasteiger partial charge on any atom is -0.466 e. The van der Waals surface area contributed by atoms with Crippen molar-refractivity contribution in [2.75, 3.05) is 6.61 Å². The largest absolute Gasteiger partial charge is 0.466 e. The molecule has 0 bridgehead atoms. The van der Waals surface area contributed by atoms with Gasteiger partial charge in [0.1, 0.15) is 0 Å². The van der Waals surface area contributed by atoms with Crippen molar-refractivity contribution in [2.24, 2.45) is 4.99 Å². The zero-order valence-corrected chi connectivity index (χ0v) is 13.7. The van der Waals surface area contributed by atoms with E-state index >= 15 is 0 Å². The molecule has 0 aliphatic rings. The molecule has 22 heavy (non-hydrogen) atoms. The highest BCUT2D eigenvalue weighted by atomic mass is 32.1. The number of nitrogens with zero attached hydrogens (tertiary/aromatic N) is 2. The third-order valence-corrected chi connectivity index (χ3v) is 3.99. The highest BCUT2D eigenvalue weighted by Crippen LogP contribution is 2.13. The Bertz CT molecular complexity index is 711. The van der Waals surface area contributed by atoms with E-state index in [9.17, 15) is 4.79 Å². The number of esters is 1. The molecule has 1 aromatic heterocycles. The number of carbonyl (C=O) groups excluding carboxylic acids is 1. The van der Waals surface area contributed by atoms with E-state index in [0.29, 0.717) is 13.2 Å². The first-order valence-electron chi connectivity index (χ1n) is 7.19. The average Bonchev–Trinajstić information content (AvgIpc) is 2.85. The number of benzene rings is 1. The summed E-state index contributed by atoms with van der Waals surface area (Å²) >= 11 is 1.52. The molecule has 5 heteroatoms. The van der Waals surface area contributed by atoms with Gasteiger partial charge in [0.2, 0.25) is 0 Å². The van der Waals surface area contributed by atoms with Gasteiger partial charge in [0.15, 0.2) is 4.80 Å². The second-order valence-corrected chi connectivity index (χ2v) is 5.67. The third-order valence-electron chi connectivity index (χ3n) is 3.08. The fraction of sp³-hybridized carbons (Fsp3) is 0.294. The van der Waals surface area contributed by atoms with Gasteiger partial charge in [-0.25, -0.2) is 4.99 Å². The molecule has 0 fully saturated rings. The predicted molar refractivity (Wildman–Crippen MR) is 89.2 cm³/mol. The molecular formula is C17H20N2O2S. The predicted octanol–water partition coefficient (Wildman–Crippen LogP) is 3.38. The Morgan fingerprint density at radius 3 is 2.77 bits per heavy atom. The first-order valence-corrected chi connectivity index (χ1v) is 8.07. The van der Waals surface area contributed by atoms with E-state index in [1.165, 1.54) is 16.9 Å². The fourth-order valence-electron chi connectivity index (χ4n) is 2.01. The van der Waals surface area contributed by atoms with Crippen LogP contribution in [0.5, 0.6) is 0 Å². The molecule has 116 valence electrons. The van der Waals surface area contributed by atoms with Gasteiger partial charge in [0.25, 0.3) is 0 Å². The van der Waals surface area contributed by atoms with Crippen molar-refractivity contribution in [1.82, 2.24) is 4.57 Å². The molecule has 1 aromatic carbocycles. The molecule has 0 radical (unpaired) electrons. The number of rotatable bonds is 6. The molecule has 0 saturated carbocycles. The van der Waals surface area contributed by atoms with Crippen molar-refractivity contribution in [3.8, 4) is 0 Å². The van der Waals surface area contributed by atoms with Crippen LogP contribution < -0.4 is 4.80 Å². The van der Waals surface area contributed by atoms with E-state index in [-0.39, 0.29) is 12.4 Å². The van der Waals surface area contributed by atoms with Crippen LogP contribution in [-0.2, 0) is 22.5 Å². The summed E-state index contributed by atoms with van der Waals surface area (Å²) in [4.78, 5) is 17.2. The number of thiazole rings is 1. The Balaban J connectivity index is 2.35. The van der Waals surface area contributed by atoms with Gasteiger partial charge < -0.3 is 9.30 Å². The topological polar surface area (TPSA) is 43.6 Å². The second-order valence-electron chi connectivity index (χ2n) is 4.84. The summed E-state index contributed by atoms with van der Waals surface area (Å²) in [6, 6.07) is 8.03. The van der Waals surface area contributed by atoms with Gasteiger partial charge in [-0.3, -0.25) is 4.79 Å². The normalized spacial score (nSPS) is 11.5. The Hall–Kier alpha value is -2.14. The zero-order valence-electron chi connectivity index (χ0n) is 12.9. The van der Waals surface area contributed by atoms with Crippen molar-refractivity contribution in [1.29, 1.82) is 0 Å². The summed E-state index contributed by atoms with van der Waals surface area (Å²) in [6.45, 7) is 8.64. The summed E-state index contributed by atoms with van der Waals surface area (Å²) in [6.07, 6.45) is 2.05. The first-order chi connectivity index (χ1) is 10.6. The van der Waals surface area contributed by atoms with Gasteiger partial charge in [-0.1, -0.05) is 23.8 Å². The minimum absolute atomic E-state index is 0.222. The molecule has 1 heterocycles. The average molecular weight is 316 g/mol. The van der Waals surface area contributed by atoms with Crippen molar-refractivity contribution in [3.63, 3.8) is 0 Å². The summed E-state index contributed by atoms with van der Waals surface area (Å²) in [7, 11) is 0. The van der Waals surface area contributed by atoms with Gasteiger partial charge in [0.05, 0.1) is 18.7 Å². The fourth-order valence-corrected chi connectivity index (χ4v) is 2.94. The molecule has 0 spiro atoms. The summed E-state index contributed by atoms with van der Waals surface area (Å²) in [5.41, 5.74) is 2.99. The standard InChI is InChI=1S/C17H20N2O2S/c1-4-10-19-15(11-16(20)21-5-2)12-22-17(19)18-14-8-6-13(3)7-9-14/h4,6-9,12H,1,5,10-11H2,2-3H3. The van der Waals surface area contributed by atoms with E-state index in [1.54, 1.807) is 6.08 Å². The third kappa shape index (κ3) is 4.18. The molecule has 0 saturated heterocycles. The SMILES string of the molecule is C=CCn1c(CC(=O)OCC)csc1=Nc1ccc(C)cc1. The smallest absolute Gasteiger partial charge is 0.311 e. The molecule has 0 aliphatic carbocycles. The van der Waals surface area contributed by atoms with E-state index in [4.69, 9.17) is 4.74 Å². The highest BCUT2D eigenvalue weighted by molar-refractivity contribution is 7.07. The Morgan fingerprint density at radius 2 is 2.14 bits per heavy atom. The lowest BCUT2D eigenvalue weighted by Gasteiger charge is -2.06. The van der Waals surface area contributed by atoms with Gasteiger partial charge in [0, 0.05) is 17.6 Å². The van der Waals surface area contributed by atoms with Crippen LogP contribution in [0.3, 0.4) is 0 Å². The van der Waals surface area contributed by atoms with E-state index in [0.717, 1.165) is 16.2 Å². The molecule has 0 N–H and O–H groups in total. The van der Waals surface area contributed by atoms with Crippen LogP contribution in [0.2, 0.25) is 0 Å². The van der Waals surface area contributed by atoms with Crippen LogP contribution in [0, 0.1) is 6.92 Å². The van der Waals surface area contributed by atoms with Crippen LogP contribution in [0.15, 0.2) is 47.3 Å². The monoisotopic (exact) mass is 316 g/mol. The summed E-state index contributed by atoms with van der Waals surface area (Å²) in [5, 5.41) is 1.95. The van der Waals surface area contributed by atoms with Crippen molar-refractivity contribution < 1.29 is 9.53 Å². The number of hydrogen-bond donors (Lipinski definition) is 0. The zero-order chi connectivity index (χ0) is 15.9. The molecule has 2 aromatic rings. The Labute approximate surface area is 134 Å². The molecule has 0 amide bonds. The second kappa shape index (κ2) is 7.75. The molecule has 0 aliphatic heterocycles. The molecular weight excluding hydrogens is 296 g/mol. The highest BCUT2D eigenvalue weighted by Gasteiger charge is 2.10. The number of aryl methyl sites for hydroxylation is 1. The number of hydrogen-bond acceptors (Lipinski definition) is 4. The lowest BCUT2D eigenvalue weighted by atomic mass is 10.2. The number of carbonyl (C=O) groups is 1. The Kier molecular flexibility index (Phi) is 5.72. The number of aromatic nitrogens is 1. The molecule has 0 unspecified atom stereocenters. The Morgan fingerprint density at radius 1 is 1.41 bits per heavy atom. The van der Waals surface area contributed by atoms with Crippen LogP contribution in [0.1, 0.15) is 18.2 Å². The lowest BCUT2D eigenvalue weighted by Crippen LogP contribution is -2.19. The minimum atomic E-state index is -0.222. The van der Waals surface area contributed by atoms with Gasteiger partial charge in [-0.15, -0.1) is 17.9 Å². The van der Waals surface area contributed by atoms with E-state index in [2.05, 4.69) is 11.6 Å². The quantitative estimate of drug-likeness (QED) is 0.606. The van der Waals surface area contributed by atoms with E-state index < -0.39 is 0 Å². The molecule has 0 atom stereocenters. The van der Waals surface area contributed by atoms with Gasteiger partial charge in [-0.05, 0) is 26.0 Å². The maximum absolute atomic E-state index is 11.7.